The fourth-order valence-corrected chi connectivity index (χ4v) is 4.31. The Bertz CT molecular complexity index is 1060. The third kappa shape index (κ3) is 4.62. The largest absolute Gasteiger partial charge is 0.497 e. The van der Waals surface area contributed by atoms with E-state index in [0.717, 1.165) is 48.5 Å². The van der Waals surface area contributed by atoms with Crippen molar-refractivity contribution in [1.29, 1.82) is 0 Å². The Morgan fingerprint density at radius 3 is 2.53 bits per heavy atom. The van der Waals surface area contributed by atoms with E-state index in [1.807, 2.05) is 36.5 Å². The SMILES string of the molecule is COc1ccc(-c2[nH]ncc2CN2CCC[C@@H](C(=O)c3ccc(OC)cc3OC)C2)cc1. The van der Waals surface area contributed by atoms with Gasteiger partial charge in [0.2, 0.25) is 0 Å². The van der Waals surface area contributed by atoms with Crippen LogP contribution in [0, 0.1) is 5.92 Å². The standard InChI is InChI=1S/C25H29N3O4/c1-30-20-8-6-17(7-9-20)24-19(14-26-27-24)16-28-12-4-5-18(15-28)25(29)22-11-10-21(31-2)13-23(22)32-3/h6-11,13-14,18H,4-5,12,15-16H2,1-3H3,(H,26,27)/t18-/m1/s1. The number of piperidine rings is 1. The van der Waals surface area contributed by atoms with Gasteiger partial charge in [0.25, 0.3) is 0 Å². The summed E-state index contributed by atoms with van der Waals surface area (Å²) in [5.41, 5.74) is 3.79. The third-order valence-electron chi connectivity index (χ3n) is 6.04. The molecule has 1 aliphatic heterocycles. The summed E-state index contributed by atoms with van der Waals surface area (Å²) >= 11 is 0. The Hall–Kier alpha value is -3.32. The topological polar surface area (TPSA) is 76.7 Å². The molecular formula is C25H29N3O4. The first-order valence-corrected chi connectivity index (χ1v) is 10.8. The molecule has 0 amide bonds. The third-order valence-corrected chi connectivity index (χ3v) is 6.04. The summed E-state index contributed by atoms with van der Waals surface area (Å²) in [5, 5.41) is 7.39. The van der Waals surface area contributed by atoms with Gasteiger partial charge >= 0.3 is 0 Å². The van der Waals surface area contributed by atoms with E-state index in [9.17, 15) is 4.79 Å². The number of hydrogen-bond acceptors (Lipinski definition) is 6. The van der Waals surface area contributed by atoms with Crippen molar-refractivity contribution >= 4 is 5.78 Å². The normalized spacial score (nSPS) is 16.5. The zero-order chi connectivity index (χ0) is 22.5. The van der Waals surface area contributed by atoms with Gasteiger partial charge in [-0.2, -0.15) is 5.10 Å². The number of ketones is 1. The van der Waals surface area contributed by atoms with Gasteiger partial charge in [-0.25, -0.2) is 0 Å². The Balaban J connectivity index is 1.47. The molecule has 1 atom stereocenters. The molecule has 1 aromatic heterocycles. The number of ether oxygens (including phenoxy) is 3. The van der Waals surface area contributed by atoms with Crippen molar-refractivity contribution in [3.8, 4) is 28.5 Å². The maximum atomic E-state index is 13.3. The maximum absolute atomic E-state index is 13.3. The Morgan fingerprint density at radius 1 is 1.06 bits per heavy atom. The molecular weight excluding hydrogens is 406 g/mol. The van der Waals surface area contributed by atoms with Gasteiger partial charge in [-0.3, -0.25) is 14.8 Å². The summed E-state index contributed by atoms with van der Waals surface area (Å²) in [5.74, 6) is 2.11. The highest BCUT2D eigenvalue weighted by atomic mass is 16.5. The smallest absolute Gasteiger partial charge is 0.170 e. The summed E-state index contributed by atoms with van der Waals surface area (Å²) < 4.78 is 16.0. The van der Waals surface area contributed by atoms with Crippen LogP contribution >= 0.6 is 0 Å². The molecule has 7 nitrogen and oxygen atoms in total. The summed E-state index contributed by atoms with van der Waals surface area (Å²) in [7, 11) is 4.84. The van der Waals surface area contributed by atoms with Crippen molar-refractivity contribution in [2.45, 2.75) is 19.4 Å². The molecule has 0 aliphatic carbocycles. The van der Waals surface area contributed by atoms with Crippen molar-refractivity contribution in [3.05, 3.63) is 59.8 Å². The van der Waals surface area contributed by atoms with Crippen LogP contribution in [0.4, 0.5) is 0 Å². The number of benzene rings is 2. The zero-order valence-corrected chi connectivity index (χ0v) is 18.8. The second-order valence-electron chi connectivity index (χ2n) is 8.00. The molecule has 0 radical (unpaired) electrons. The number of rotatable bonds is 8. The number of aromatic amines is 1. The second-order valence-corrected chi connectivity index (χ2v) is 8.00. The molecule has 4 rings (SSSR count). The molecule has 0 unspecified atom stereocenters. The van der Waals surface area contributed by atoms with E-state index in [1.54, 1.807) is 33.5 Å². The van der Waals surface area contributed by atoms with E-state index < -0.39 is 0 Å². The molecule has 0 spiro atoms. The van der Waals surface area contributed by atoms with Crippen LogP contribution in [-0.2, 0) is 6.54 Å². The fourth-order valence-electron chi connectivity index (χ4n) is 4.31. The average Bonchev–Trinajstić information content (AvgIpc) is 3.31. The number of methoxy groups -OCH3 is 3. The minimum Gasteiger partial charge on any atom is -0.497 e. The van der Waals surface area contributed by atoms with E-state index in [0.29, 0.717) is 23.6 Å². The first-order chi connectivity index (χ1) is 15.6. The van der Waals surface area contributed by atoms with Gasteiger partial charge in [0.05, 0.1) is 38.8 Å². The fraction of sp³-hybridized carbons (Fsp3) is 0.360. The highest BCUT2D eigenvalue weighted by Gasteiger charge is 2.29. The minimum atomic E-state index is -0.0672. The second kappa shape index (κ2) is 9.87. The molecule has 3 aromatic rings. The van der Waals surface area contributed by atoms with Gasteiger partial charge in [0.15, 0.2) is 5.78 Å². The predicted molar refractivity (Wildman–Crippen MR) is 122 cm³/mol. The summed E-state index contributed by atoms with van der Waals surface area (Å²) in [6.07, 6.45) is 3.73. The molecule has 1 aliphatic rings. The molecule has 1 fully saturated rings. The molecule has 168 valence electrons. The number of hydrogen-bond donors (Lipinski definition) is 1. The van der Waals surface area contributed by atoms with Gasteiger partial charge in [0.1, 0.15) is 17.2 Å². The quantitative estimate of drug-likeness (QED) is 0.535. The van der Waals surface area contributed by atoms with Gasteiger partial charge in [-0.05, 0) is 55.8 Å². The van der Waals surface area contributed by atoms with Crippen LogP contribution in [0.5, 0.6) is 17.2 Å². The lowest BCUT2D eigenvalue weighted by Gasteiger charge is -2.32. The molecule has 1 saturated heterocycles. The molecule has 0 bridgehead atoms. The number of aromatic nitrogens is 2. The van der Waals surface area contributed by atoms with Gasteiger partial charge < -0.3 is 14.2 Å². The summed E-state index contributed by atoms with van der Waals surface area (Å²) in [6.45, 7) is 2.40. The number of carbonyl (C=O) groups excluding carboxylic acids is 1. The lowest BCUT2D eigenvalue weighted by Crippen LogP contribution is -2.38. The highest BCUT2D eigenvalue weighted by molar-refractivity contribution is 6.00. The van der Waals surface area contributed by atoms with Crippen molar-refractivity contribution in [2.24, 2.45) is 5.92 Å². The Kier molecular flexibility index (Phi) is 6.75. The number of carbonyl (C=O) groups is 1. The van der Waals surface area contributed by atoms with E-state index >= 15 is 0 Å². The van der Waals surface area contributed by atoms with Gasteiger partial charge in [0, 0.05) is 36.2 Å². The first-order valence-electron chi connectivity index (χ1n) is 10.8. The average molecular weight is 436 g/mol. The molecule has 2 heterocycles. The highest BCUT2D eigenvalue weighted by Crippen LogP contribution is 2.31. The molecule has 0 saturated carbocycles. The lowest BCUT2D eigenvalue weighted by atomic mass is 9.89. The van der Waals surface area contributed by atoms with Gasteiger partial charge in [-0.15, -0.1) is 0 Å². The van der Waals surface area contributed by atoms with Crippen molar-refractivity contribution in [2.75, 3.05) is 34.4 Å². The van der Waals surface area contributed by atoms with E-state index in [4.69, 9.17) is 14.2 Å². The summed E-state index contributed by atoms with van der Waals surface area (Å²) in [6, 6.07) is 13.3. The van der Waals surface area contributed by atoms with Crippen LogP contribution < -0.4 is 14.2 Å². The Morgan fingerprint density at radius 2 is 1.81 bits per heavy atom. The van der Waals surface area contributed by atoms with E-state index in [2.05, 4.69) is 15.1 Å². The monoisotopic (exact) mass is 435 g/mol. The van der Waals surface area contributed by atoms with E-state index in [1.165, 1.54) is 0 Å². The van der Waals surface area contributed by atoms with Crippen LogP contribution in [0.2, 0.25) is 0 Å². The molecule has 1 N–H and O–H groups in total. The number of H-pyrrole nitrogens is 1. The lowest BCUT2D eigenvalue weighted by molar-refractivity contribution is 0.0808. The maximum Gasteiger partial charge on any atom is 0.170 e. The molecule has 7 heteroatoms. The van der Waals surface area contributed by atoms with Crippen molar-refractivity contribution in [3.63, 3.8) is 0 Å². The van der Waals surface area contributed by atoms with E-state index in [-0.39, 0.29) is 11.7 Å². The number of nitrogens with one attached hydrogen (secondary N) is 1. The van der Waals surface area contributed by atoms with Crippen LogP contribution in [0.1, 0.15) is 28.8 Å². The zero-order valence-electron chi connectivity index (χ0n) is 18.8. The van der Waals surface area contributed by atoms with Gasteiger partial charge in [-0.1, -0.05) is 0 Å². The van der Waals surface area contributed by atoms with Crippen LogP contribution in [0.15, 0.2) is 48.7 Å². The van der Waals surface area contributed by atoms with Crippen molar-refractivity contribution in [1.82, 2.24) is 15.1 Å². The first kappa shape index (κ1) is 21.9. The Labute approximate surface area is 188 Å². The van der Waals surface area contributed by atoms with Crippen LogP contribution in [0.25, 0.3) is 11.3 Å². The molecule has 32 heavy (non-hydrogen) atoms. The van der Waals surface area contributed by atoms with Crippen molar-refractivity contribution < 1.29 is 19.0 Å². The summed E-state index contributed by atoms with van der Waals surface area (Å²) in [4.78, 5) is 15.6. The minimum absolute atomic E-state index is 0.0672. The van der Waals surface area contributed by atoms with Crippen LogP contribution in [-0.4, -0.2) is 55.3 Å². The van der Waals surface area contributed by atoms with Crippen LogP contribution in [0.3, 0.4) is 0 Å². The number of Topliss-reactive ketones (excluding diaryl/α,β-unsaturated/α-hetero) is 1. The molecule has 2 aromatic carbocycles. The predicted octanol–water partition coefficient (Wildman–Crippen LogP) is 4.20. The number of nitrogens with zero attached hydrogens (tertiary/aromatic N) is 2. The number of likely N-dealkylation sites (tertiary alicyclic amines) is 1.